The molecule has 1 aliphatic rings. The largest absolute Gasteiger partial charge is 0.461 e. The molecule has 1 unspecified atom stereocenters. The fourth-order valence-corrected chi connectivity index (χ4v) is 5.09. The minimum Gasteiger partial charge on any atom is -0.428 e. The highest BCUT2D eigenvalue weighted by Gasteiger charge is 2.45. The molecule has 10 heteroatoms. The highest BCUT2D eigenvalue weighted by molar-refractivity contribution is 6.30. The fourth-order valence-electron chi connectivity index (χ4n) is 4.98. The SMILES string of the molecule is C#CC1(NC(=O)NC(Cc2ccccc2)(c2cccc(OC(F)(F)C(F)F)c2)c2ccc(Cl)cn2)CCCCC1. The van der Waals surface area contributed by atoms with Crippen LogP contribution in [0.3, 0.4) is 0 Å². The summed E-state index contributed by atoms with van der Waals surface area (Å²) in [5.74, 6) is 2.23. The van der Waals surface area contributed by atoms with Crippen LogP contribution in [0.15, 0.2) is 72.9 Å². The summed E-state index contributed by atoms with van der Waals surface area (Å²) in [7, 11) is 0. The molecule has 1 saturated carbocycles. The molecule has 0 radical (unpaired) electrons. The number of rotatable bonds is 9. The molecule has 0 bridgehead atoms. The van der Waals surface area contributed by atoms with Crippen molar-refractivity contribution in [2.45, 2.75) is 62.1 Å². The first-order valence-corrected chi connectivity index (χ1v) is 13.1. The van der Waals surface area contributed by atoms with Gasteiger partial charge in [-0.1, -0.05) is 79.2 Å². The van der Waals surface area contributed by atoms with Crippen molar-refractivity contribution in [3.8, 4) is 18.1 Å². The molecule has 210 valence electrons. The second-order valence-electron chi connectivity index (χ2n) is 9.79. The number of nitrogens with zero attached hydrogens (tertiary/aromatic N) is 1. The number of carbonyl (C=O) groups excluding carboxylic acids is 1. The number of urea groups is 1. The molecule has 0 spiro atoms. The quantitative estimate of drug-likeness (QED) is 0.212. The number of pyridine rings is 1. The lowest BCUT2D eigenvalue weighted by atomic mass is 9.80. The van der Waals surface area contributed by atoms with Crippen molar-refractivity contribution in [3.63, 3.8) is 0 Å². The van der Waals surface area contributed by atoms with E-state index in [9.17, 15) is 22.4 Å². The van der Waals surface area contributed by atoms with E-state index < -0.39 is 35.4 Å². The summed E-state index contributed by atoms with van der Waals surface area (Å²) in [5.41, 5.74) is -0.958. The number of aromatic nitrogens is 1. The molecule has 1 aliphatic carbocycles. The topological polar surface area (TPSA) is 63.2 Å². The van der Waals surface area contributed by atoms with E-state index in [1.165, 1.54) is 18.3 Å². The first-order chi connectivity index (χ1) is 19.1. The molecular formula is C30H28ClF4N3O2. The number of terminal acetylenes is 1. The maximum atomic E-state index is 13.8. The number of alkyl halides is 4. The van der Waals surface area contributed by atoms with E-state index in [0.717, 1.165) is 30.9 Å². The molecular weight excluding hydrogens is 546 g/mol. The predicted molar refractivity (Wildman–Crippen MR) is 145 cm³/mol. The second kappa shape index (κ2) is 12.2. The van der Waals surface area contributed by atoms with Crippen LogP contribution >= 0.6 is 11.6 Å². The van der Waals surface area contributed by atoms with Crippen molar-refractivity contribution in [3.05, 3.63) is 94.8 Å². The molecule has 2 aromatic carbocycles. The van der Waals surface area contributed by atoms with Crippen LogP contribution in [0.2, 0.25) is 5.02 Å². The third-order valence-electron chi connectivity index (χ3n) is 6.97. The molecule has 1 fully saturated rings. The summed E-state index contributed by atoms with van der Waals surface area (Å²) in [6.07, 6.45) is 2.54. The minimum absolute atomic E-state index is 0.119. The van der Waals surface area contributed by atoms with Gasteiger partial charge in [-0.25, -0.2) is 4.79 Å². The maximum Gasteiger partial charge on any atom is 0.461 e. The van der Waals surface area contributed by atoms with Gasteiger partial charge in [0.1, 0.15) is 16.8 Å². The summed E-state index contributed by atoms with van der Waals surface area (Å²) in [6.45, 7) is 0. The van der Waals surface area contributed by atoms with Crippen molar-refractivity contribution in [2.75, 3.05) is 0 Å². The molecule has 40 heavy (non-hydrogen) atoms. The van der Waals surface area contributed by atoms with Gasteiger partial charge in [0.2, 0.25) is 0 Å². The van der Waals surface area contributed by atoms with Gasteiger partial charge in [0.15, 0.2) is 0 Å². The van der Waals surface area contributed by atoms with Crippen molar-refractivity contribution in [2.24, 2.45) is 0 Å². The zero-order valence-electron chi connectivity index (χ0n) is 21.5. The van der Waals surface area contributed by atoms with E-state index in [2.05, 4.69) is 26.3 Å². The van der Waals surface area contributed by atoms with Gasteiger partial charge in [0.05, 0.1) is 10.7 Å². The number of carbonyl (C=O) groups is 1. The third kappa shape index (κ3) is 6.68. The fraction of sp³-hybridized carbons (Fsp3) is 0.333. The van der Waals surface area contributed by atoms with Crippen molar-refractivity contribution < 1.29 is 27.1 Å². The summed E-state index contributed by atoms with van der Waals surface area (Å²) < 4.78 is 57.9. The Labute approximate surface area is 235 Å². The Balaban J connectivity index is 1.83. The van der Waals surface area contributed by atoms with Crippen LogP contribution in [-0.2, 0) is 12.0 Å². The standard InChI is InChI=1S/C30H28ClF4N3O2/c1-2-28(16-7-4-8-17-28)37-27(39)38-29(19-21-10-5-3-6-11-21,25-15-14-23(31)20-36-25)22-12-9-13-24(18-22)40-30(34,35)26(32)33/h1,3,5-6,9-15,18,20,26H,4,7-8,16-17,19H2,(H2,37,38,39). The molecule has 0 aliphatic heterocycles. The lowest BCUT2D eigenvalue weighted by molar-refractivity contribution is -0.253. The van der Waals surface area contributed by atoms with E-state index in [1.807, 2.05) is 30.3 Å². The Morgan fingerprint density at radius 2 is 1.80 bits per heavy atom. The number of halogens is 5. The highest BCUT2D eigenvalue weighted by atomic mass is 35.5. The van der Waals surface area contributed by atoms with Crippen molar-refractivity contribution >= 4 is 17.6 Å². The zero-order valence-corrected chi connectivity index (χ0v) is 22.2. The van der Waals surface area contributed by atoms with Gasteiger partial charge in [-0.3, -0.25) is 4.98 Å². The molecule has 5 nitrogen and oxygen atoms in total. The van der Waals surface area contributed by atoms with Gasteiger partial charge < -0.3 is 15.4 Å². The van der Waals surface area contributed by atoms with E-state index >= 15 is 0 Å². The van der Waals surface area contributed by atoms with E-state index in [1.54, 1.807) is 18.2 Å². The molecule has 1 heterocycles. The van der Waals surface area contributed by atoms with Gasteiger partial charge in [0, 0.05) is 12.6 Å². The normalized spacial score (nSPS) is 16.4. The first kappa shape index (κ1) is 29.2. The van der Waals surface area contributed by atoms with Gasteiger partial charge >= 0.3 is 18.6 Å². The summed E-state index contributed by atoms with van der Waals surface area (Å²) in [5, 5.41) is 6.30. The van der Waals surface area contributed by atoms with Gasteiger partial charge in [-0.15, -0.1) is 6.42 Å². The van der Waals surface area contributed by atoms with Crippen LogP contribution in [0.25, 0.3) is 0 Å². The van der Waals surface area contributed by atoms with E-state index in [4.69, 9.17) is 18.0 Å². The van der Waals surface area contributed by atoms with Crippen LogP contribution in [0.5, 0.6) is 5.75 Å². The number of hydrogen-bond donors (Lipinski definition) is 2. The summed E-state index contributed by atoms with van der Waals surface area (Å²) in [6, 6.07) is 17.0. The molecule has 1 atom stereocenters. The molecule has 0 saturated heterocycles. The molecule has 2 N–H and O–H groups in total. The van der Waals surface area contributed by atoms with E-state index in [-0.39, 0.29) is 12.0 Å². The Bertz CT molecular complexity index is 1340. The Morgan fingerprint density at radius 1 is 1.07 bits per heavy atom. The van der Waals surface area contributed by atoms with Gasteiger partial charge in [-0.05, 0) is 48.2 Å². The molecule has 2 amide bonds. The van der Waals surface area contributed by atoms with Crippen molar-refractivity contribution in [1.29, 1.82) is 0 Å². The highest BCUT2D eigenvalue weighted by Crippen LogP contribution is 2.37. The average molecular weight is 574 g/mol. The monoisotopic (exact) mass is 573 g/mol. The third-order valence-corrected chi connectivity index (χ3v) is 7.20. The summed E-state index contributed by atoms with van der Waals surface area (Å²) in [4.78, 5) is 18.1. The van der Waals surface area contributed by atoms with Crippen LogP contribution in [0.1, 0.15) is 48.9 Å². The minimum atomic E-state index is -4.72. The lowest BCUT2D eigenvalue weighted by Gasteiger charge is -2.38. The van der Waals surface area contributed by atoms with Crippen molar-refractivity contribution in [1.82, 2.24) is 15.6 Å². The Kier molecular flexibility index (Phi) is 8.89. The predicted octanol–water partition coefficient (Wildman–Crippen LogP) is 7.09. The zero-order chi connectivity index (χ0) is 28.8. The van der Waals surface area contributed by atoms with Crippen LogP contribution in [0.4, 0.5) is 22.4 Å². The molecule has 3 aromatic rings. The Morgan fingerprint density at radius 3 is 2.42 bits per heavy atom. The average Bonchev–Trinajstić information content (AvgIpc) is 2.94. The summed E-state index contributed by atoms with van der Waals surface area (Å²) >= 11 is 6.11. The number of amides is 2. The number of nitrogens with one attached hydrogen (secondary N) is 2. The Hall–Kier alpha value is -3.77. The maximum absolute atomic E-state index is 13.8. The number of hydrogen-bond acceptors (Lipinski definition) is 3. The number of benzene rings is 2. The van der Waals surface area contributed by atoms with E-state index in [0.29, 0.717) is 23.6 Å². The molecule has 4 rings (SSSR count). The lowest BCUT2D eigenvalue weighted by Crippen LogP contribution is -2.58. The van der Waals surface area contributed by atoms with Crippen LogP contribution in [-0.4, -0.2) is 29.1 Å². The van der Waals surface area contributed by atoms with Crippen LogP contribution in [0, 0.1) is 12.3 Å². The number of ether oxygens (including phenoxy) is 1. The van der Waals surface area contributed by atoms with Gasteiger partial charge in [0.25, 0.3) is 0 Å². The van der Waals surface area contributed by atoms with Gasteiger partial charge in [-0.2, -0.15) is 17.6 Å². The molecule has 1 aromatic heterocycles. The second-order valence-corrected chi connectivity index (χ2v) is 10.2. The van der Waals surface area contributed by atoms with Crippen LogP contribution < -0.4 is 15.4 Å². The smallest absolute Gasteiger partial charge is 0.428 e. The first-order valence-electron chi connectivity index (χ1n) is 12.8.